The summed E-state index contributed by atoms with van der Waals surface area (Å²) < 4.78 is 12.3. The third-order valence-corrected chi connectivity index (χ3v) is 2.30. The lowest BCUT2D eigenvalue weighted by Gasteiger charge is -2.20. The second kappa shape index (κ2) is 6.40. The Morgan fingerprint density at radius 2 is 2.13 bits per heavy atom. The van der Waals surface area contributed by atoms with Gasteiger partial charge in [0.25, 0.3) is 0 Å². The van der Waals surface area contributed by atoms with E-state index in [0.717, 1.165) is 30.8 Å². The molecule has 0 aliphatic carbocycles. The van der Waals surface area contributed by atoms with E-state index in [4.69, 9.17) is 5.73 Å². The van der Waals surface area contributed by atoms with Crippen LogP contribution in [0.2, 0.25) is 0 Å². The maximum atomic E-state index is 12.3. The molecule has 0 aliphatic rings. The minimum Gasteiger partial charge on any atom is -0.399 e. The van der Waals surface area contributed by atoms with Gasteiger partial charge in [0, 0.05) is 18.8 Å². The van der Waals surface area contributed by atoms with Crippen molar-refractivity contribution in [1.29, 1.82) is 0 Å². The molecule has 1 rings (SSSR count). The Bertz CT molecular complexity index is 283. The fourth-order valence-corrected chi connectivity index (χ4v) is 1.66. The van der Waals surface area contributed by atoms with Crippen molar-refractivity contribution in [2.45, 2.75) is 19.9 Å². The number of alkyl halides is 1. The highest BCUT2D eigenvalue weighted by Crippen LogP contribution is 2.09. The van der Waals surface area contributed by atoms with E-state index in [1.807, 2.05) is 24.3 Å². The summed E-state index contributed by atoms with van der Waals surface area (Å²) in [5.74, 6) is 0. The van der Waals surface area contributed by atoms with Gasteiger partial charge >= 0.3 is 0 Å². The van der Waals surface area contributed by atoms with E-state index in [0.29, 0.717) is 6.54 Å². The summed E-state index contributed by atoms with van der Waals surface area (Å²) in [4.78, 5) is 2.11. The summed E-state index contributed by atoms with van der Waals surface area (Å²) in [7, 11) is 0. The molecule has 2 nitrogen and oxygen atoms in total. The summed E-state index contributed by atoms with van der Waals surface area (Å²) in [6.07, 6.45) is 1.04. The molecule has 0 radical (unpaired) electrons. The molecule has 0 heterocycles. The van der Waals surface area contributed by atoms with Crippen molar-refractivity contribution in [1.82, 2.24) is 4.90 Å². The van der Waals surface area contributed by atoms with Crippen LogP contribution < -0.4 is 5.73 Å². The van der Waals surface area contributed by atoms with Crippen molar-refractivity contribution in [3.8, 4) is 0 Å². The molecule has 0 amide bonds. The zero-order valence-corrected chi connectivity index (χ0v) is 9.25. The van der Waals surface area contributed by atoms with Crippen molar-refractivity contribution >= 4 is 5.69 Å². The third-order valence-electron chi connectivity index (χ3n) is 2.30. The van der Waals surface area contributed by atoms with Crippen LogP contribution in [0.3, 0.4) is 0 Å². The summed E-state index contributed by atoms with van der Waals surface area (Å²) in [5, 5.41) is 0. The number of nitrogens with two attached hydrogens (primary N) is 1. The second-order valence-corrected chi connectivity index (χ2v) is 3.71. The lowest BCUT2D eigenvalue weighted by atomic mass is 10.2. The van der Waals surface area contributed by atoms with Gasteiger partial charge in [-0.05, 0) is 30.7 Å². The highest BCUT2D eigenvalue weighted by Gasteiger charge is 2.04. The van der Waals surface area contributed by atoms with Crippen LogP contribution in [0.4, 0.5) is 10.1 Å². The predicted molar refractivity (Wildman–Crippen MR) is 62.4 cm³/mol. The van der Waals surface area contributed by atoms with Crippen LogP contribution in [-0.4, -0.2) is 24.7 Å². The van der Waals surface area contributed by atoms with Gasteiger partial charge in [0.15, 0.2) is 0 Å². The van der Waals surface area contributed by atoms with E-state index >= 15 is 0 Å². The number of benzene rings is 1. The second-order valence-electron chi connectivity index (χ2n) is 3.71. The first-order chi connectivity index (χ1) is 7.26. The molecule has 0 unspecified atom stereocenters. The molecule has 1 aromatic carbocycles. The SMILES string of the molecule is CCCN(CCF)Cc1cccc(N)c1. The normalized spacial score (nSPS) is 10.9. The minimum atomic E-state index is -0.289. The van der Waals surface area contributed by atoms with Crippen LogP contribution in [0, 0.1) is 0 Å². The number of hydrogen-bond acceptors (Lipinski definition) is 2. The first kappa shape index (κ1) is 12.0. The van der Waals surface area contributed by atoms with Crippen molar-refractivity contribution < 1.29 is 4.39 Å². The molecule has 0 aromatic heterocycles. The number of halogens is 1. The largest absolute Gasteiger partial charge is 0.399 e. The molecule has 0 saturated heterocycles. The summed E-state index contributed by atoms with van der Waals surface area (Å²) >= 11 is 0. The van der Waals surface area contributed by atoms with E-state index in [9.17, 15) is 4.39 Å². The van der Waals surface area contributed by atoms with Gasteiger partial charge in [-0.25, -0.2) is 4.39 Å². The molecule has 2 N–H and O–H groups in total. The van der Waals surface area contributed by atoms with Crippen LogP contribution in [0.5, 0.6) is 0 Å². The van der Waals surface area contributed by atoms with Crippen LogP contribution in [0.25, 0.3) is 0 Å². The van der Waals surface area contributed by atoms with Crippen LogP contribution in [0.1, 0.15) is 18.9 Å². The number of rotatable bonds is 6. The average molecular weight is 210 g/mol. The van der Waals surface area contributed by atoms with Gasteiger partial charge < -0.3 is 5.73 Å². The first-order valence-corrected chi connectivity index (χ1v) is 5.39. The Hall–Kier alpha value is -1.09. The van der Waals surface area contributed by atoms with E-state index in [2.05, 4.69) is 11.8 Å². The number of nitrogen functional groups attached to an aromatic ring is 1. The Morgan fingerprint density at radius 3 is 2.73 bits per heavy atom. The Kier molecular flexibility index (Phi) is 5.12. The van der Waals surface area contributed by atoms with Gasteiger partial charge in [-0.1, -0.05) is 19.1 Å². The monoisotopic (exact) mass is 210 g/mol. The number of nitrogens with zero attached hydrogens (tertiary/aromatic N) is 1. The molecule has 84 valence electrons. The van der Waals surface area contributed by atoms with Crippen molar-refractivity contribution in [3.63, 3.8) is 0 Å². The van der Waals surface area contributed by atoms with Crippen molar-refractivity contribution in [3.05, 3.63) is 29.8 Å². The molecule has 3 heteroatoms. The minimum absolute atomic E-state index is 0.289. The Labute approximate surface area is 90.9 Å². The predicted octanol–water partition coefficient (Wildman–Crippen LogP) is 2.45. The molecule has 15 heavy (non-hydrogen) atoms. The Balaban J connectivity index is 2.56. The highest BCUT2D eigenvalue weighted by atomic mass is 19.1. The highest BCUT2D eigenvalue weighted by molar-refractivity contribution is 5.40. The topological polar surface area (TPSA) is 29.3 Å². The zero-order chi connectivity index (χ0) is 11.1. The van der Waals surface area contributed by atoms with Crippen LogP contribution >= 0.6 is 0 Å². The lowest BCUT2D eigenvalue weighted by Crippen LogP contribution is -2.26. The van der Waals surface area contributed by atoms with Gasteiger partial charge in [-0.2, -0.15) is 0 Å². The standard InChI is InChI=1S/C12H19FN2/c1-2-7-15(8-6-13)10-11-4-3-5-12(14)9-11/h3-5,9H,2,6-8,10,14H2,1H3. The molecule has 0 bridgehead atoms. The maximum Gasteiger partial charge on any atom is 0.102 e. The summed E-state index contributed by atoms with van der Waals surface area (Å²) in [6, 6.07) is 7.77. The molecular formula is C12H19FN2. The van der Waals surface area contributed by atoms with Crippen LogP contribution in [-0.2, 0) is 6.54 Å². The fraction of sp³-hybridized carbons (Fsp3) is 0.500. The lowest BCUT2D eigenvalue weighted by molar-refractivity contribution is 0.241. The summed E-state index contributed by atoms with van der Waals surface area (Å²) in [5.41, 5.74) is 7.61. The quantitative estimate of drug-likeness (QED) is 0.731. The number of anilines is 1. The molecule has 0 saturated carbocycles. The molecule has 0 spiro atoms. The van der Waals surface area contributed by atoms with Gasteiger partial charge in [0.1, 0.15) is 6.67 Å². The first-order valence-electron chi connectivity index (χ1n) is 5.39. The fourth-order valence-electron chi connectivity index (χ4n) is 1.66. The van der Waals surface area contributed by atoms with E-state index in [1.54, 1.807) is 0 Å². The van der Waals surface area contributed by atoms with E-state index < -0.39 is 0 Å². The Morgan fingerprint density at radius 1 is 1.33 bits per heavy atom. The number of hydrogen-bond donors (Lipinski definition) is 1. The average Bonchev–Trinajstić information content (AvgIpc) is 2.18. The molecule has 0 aliphatic heterocycles. The van der Waals surface area contributed by atoms with Gasteiger partial charge in [-0.3, -0.25) is 4.90 Å². The van der Waals surface area contributed by atoms with Gasteiger partial charge in [0.2, 0.25) is 0 Å². The molecule has 0 atom stereocenters. The molecule has 0 fully saturated rings. The summed E-state index contributed by atoms with van der Waals surface area (Å²) in [6.45, 7) is 4.02. The maximum absolute atomic E-state index is 12.3. The van der Waals surface area contributed by atoms with E-state index in [-0.39, 0.29) is 6.67 Å². The van der Waals surface area contributed by atoms with Crippen molar-refractivity contribution in [2.24, 2.45) is 0 Å². The van der Waals surface area contributed by atoms with Crippen molar-refractivity contribution in [2.75, 3.05) is 25.5 Å². The third kappa shape index (κ3) is 4.30. The van der Waals surface area contributed by atoms with Crippen LogP contribution in [0.15, 0.2) is 24.3 Å². The van der Waals surface area contributed by atoms with Gasteiger partial charge in [0.05, 0.1) is 0 Å². The van der Waals surface area contributed by atoms with E-state index in [1.165, 1.54) is 0 Å². The zero-order valence-electron chi connectivity index (χ0n) is 9.25. The molecular weight excluding hydrogens is 191 g/mol. The van der Waals surface area contributed by atoms with Gasteiger partial charge in [-0.15, -0.1) is 0 Å². The molecule has 1 aromatic rings. The smallest absolute Gasteiger partial charge is 0.102 e.